The number of rotatable bonds is 2. The standard InChI is InChI=1S/C18H17NO3S/c1-12(7-15-3-2-6-23-15)18(20)19-5-4-13-8-16-17(22-11-21-16)9-14(13)10-19/h2-3,6-9H,4-5,10-11H2,1H3/b12-7+. The van der Waals surface area contributed by atoms with E-state index in [-0.39, 0.29) is 12.7 Å². The number of thiophene rings is 1. The van der Waals surface area contributed by atoms with Crippen LogP contribution >= 0.6 is 11.3 Å². The van der Waals surface area contributed by atoms with E-state index >= 15 is 0 Å². The Morgan fingerprint density at radius 2 is 2.04 bits per heavy atom. The Morgan fingerprint density at radius 3 is 2.78 bits per heavy atom. The van der Waals surface area contributed by atoms with Gasteiger partial charge in [0.1, 0.15) is 0 Å². The molecule has 0 atom stereocenters. The second-order valence-corrected chi connectivity index (χ2v) is 6.77. The third-order valence-corrected chi connectivity index (χ3v) is 5.05. The second kappa shape index (κ2) is 5.74. The maximum absolute atomic E-state index is 12.7. The van der Waals surface area contributed by atoms with E-state index in [9.17, 15) is 4.79 Å². The number of carbonyl (C=O) groups excluding carboxylic acids is 1. The van der Waals surface area contributed by atoms with Crippen LogP contribution in [-0.2, 0) is 17.8 Å². The molecular formula is C18H17NO3S. The van der Waals surface area contributed by atoms with Crippen LogP contribution in [0.3, 0.4) is 0 Å². The first-order valence-electron chi connectivity index (χ1n) is 7.63. The highest BCUT2D eigenvalue weighted by atomic mass is 32.1. The molecule has 0 aliphatic carbocycles. The largest absolute Gasteiger partial charge is 0.454 e. The number of hydrogen-bond donors (Lipinski definition) is 0. The third kappa shape index (κ3) is 2.72. The van der Waals surface area contributed by atoms with E-state index in [1.54, 1.807) is 11.3 Å². The van der Waals surface area contributed by atoms with Crippen molar-refractivity contribution in [3.63, 3.8) is 0 Å². The van der Waals surface area contributed by atoms with Gasteiger partial charge in [0, 0.05) is 23.5 Å². The minimum absolute atomic E-state index is 0.0988. The lowest BCUT2D eigenvalue weighted by Gasteiger charge is -2.29. The molecule has 0 unspecified atom stereocenters. The summed E-state index contributed by atoms with van der Waals surface area (Å²) < 4.78 is 10.9. The summed E-state index contributed by atoms with van der Waals surface area (Å²) in [6.45, 7) is 3.53. The smallest absolute Gasteiger partial charge is 0.249 e. The molecule has 23 heavy (non-hydrogen) atoms. The number of amides is 1. The van der Waals surface area contributed by atoms with Gasteiger partial charge in [-0.05, 0) is 54.1 Å². The minimum atomic E-state index is 0.0988. The second-order valence-electron chi connectivity index (χ2n) is 5.79. The fourth-order valence-corrected chi connectivity index (χ4v) is 3.73. The van der Waals surface area contributed by atoms with E-state index < -0.39 is 0 Å². The van der Waals surface area contributed by atoms with Crippen LogP contribution in [-0.4, -0.2) is 24.1 Å². The number of hydrogen-bond acceptors (Lipinski definition) is 4. The van der Waals surface area contributed by atoms with Crippen LogP contribution < -0.4 is 9.47 Å². The first-order chi connectivity index (χ1) is 11.2. The highest BCUT2D eigenvalue weighted by Crippen LogP contribution is 2.36. The maximum Gasteiger partial charge on any atom is 0.249 e. The van der Waals surface area contributed by atoms with Gasteiger partial charge in [-0.25, -0.2) is 0 Å². The lowest BCUT2D eigenvalue weighted by Crippen LogP contribution is -2.36. The summed E-state index contributed by atoms with van der Waals surface area (Å²) in [6, 6.07) is 8.07. The number of ether oxygens (including phenoxy) is 2. The monoisotopic (exact) mass is 327 g/mol. The molecule has 0 spiro atoms. The van der Waals surface area contributed by atoms with Crippen molar-refractivity contribution >= 4 is 23.3 Å². The van der Waals surface area contributed by atoms with Crippen molar-refractivity contribution in [2.75, 3.05) is 13.3 Å². The van der Waals surface area contributed by atoms with Gasteiger partial charge in [0.25, 0.3) is 0 Å². The molecule has 0 bridgehead atoms. The zero-order valence-electron chi connectivity index (χ0n) is 12.9. The van der Waals surface area contributed by atoms with Crippen molar-refractivity contribution < 1.29 is 14.3 Å². The predicted molar refractivity (Wildman–Crippen MR) is 89.7 cm³/mol. The van der Waals surface area contributed by atoms with Gasteiger partial charge in [0.2, 0.25) is 12.7 Å². The first kappa shape index (κ1) is 14.3. The molecule has 4 rings (SSSR count). The van der Waals surface area contributed by atoms with Gasteiger partial charge in [-0.15, -0.1) is 11.3 Å². The molecule has 0 radical (unpaired) electrons. The number of benzene rings is 1. The van der Waals surface area contributed by atoms with E-state index in [2.05, 4.69) is 0 Å². The molecule has 0 saturated carbocycles. The molecule has 0 fully saturated rings. The van der Waals surface area contributed by atoms with E-state index in [0.717, 1.165) is 40.5 Å². The van der Waals surface area contributed by atoms with Crippen LogP contribution in [0.25, 0.3) is 6.08 Å². The highest BCUT2D eigenvalue weighted by molar-refractivity contribution is 7.10. The Hall–Kier alpha value is -2.27. The van der Waals surface area contributed by atoms with Gasteiger partial charge >= 0.3 is 0 Å². The maximum atomic E-state index is 12.7. The summed E-state index contributed by atoms with van der Waals surface area (Å²) in [5.41, 5.74) is 3.17. The van der Waals surface area contributed by atoms with E-state index in [4.69, 9.17) is 9.47 Å². The quantitative estimate of drug-likeness (QED) is 0.793. The average Bonchev–Trinajstić information content (AvgIpc) is 3.22. The topological polar surface area (TPSA) is 38.8 Å². The molecule has 1 amide bonds. The molecule has 0 saturated heterocycles. The SMILES string of the molecule is C/C(=C\c1cccs1)C(=O)N1CCc2cc3c(cc2C1)OCO3. The van der Waals surface area contributed by atoms with Gasteiger partial charge in [-0.2, -0.15) is 0 Å². The zero-order chi connectivity index (χ0) is 15.8. The normalized spacial score (nSPS) is 16.4. The molecule has 3 heterocycles. The van der Waals surface area contributed by atoms with Gasteiger partial charge in [-0.3, -0.25) is 4.79 Å². The van der Waals surface area contributed by atoms with Crippen molar-refractivity contribution in [2.24, 2.45) is 0 Å². The Kier molecular flexibility index (Phi) is 3.58. The molecular weight excluding hydrogens is 310 g/mol. The lowest BCUT2D eigenvalue weighted by atomic mass is 9.98. The first-order valence-corrected chi connectivity index (χ1v) is 8.51. The van der Waals surface area contributed by atoms with Crippen LogP contribution in [0.4, 0.5) is 0 Å². The number of carbonyl (C=O) groups is 1. The van der Waals surface area contributed by atoms with Gasteiger partial charge < -0.3 is 14.4 Å². The van der Waals surface area contributed by atoms with Crippen LogP contribution in [0.15, 0.2) is 35.2 Å². The molecule has 2 aliphatic heterocycles. The fourth-order valence-electron chi connectivity index (χ4n) is 3.02. The molecule has 118 valence electrons. The molecule has 1 aromatic carbocycles. The van der Waals surface area contributed by atoms with Gasteiger partial charge in [0.15, 0.2) is 11.5 Å². The van der Waals surface area contributed by atoms with Crippen LogP contribution in [0, 0.1) is 0 Å². The molecule has 2 aromatic rings. The predicted octanol–water partition coefficient (Wildman–Crippen LogP) is 3.47. The Morgan fingerprint density at radius 1 is 1.26 bits per heavy atom. The van der Waals surface area contributed by atoms with Crippen LogP contribution in [0.1, 0.15) is 22.9 Å². The van der Waals surface area contributed by atoms with Crippen molar-refractivity contribution in [2.45, 2.75) is 19.9 Å². The minimum Gasteiger partial charge on any atom is -0.454 e. The summed E-state index contributed by atoms with van der Waals surface area (Å²) in [4.78, 5) is 15.7. The van der Waals surface area contributed by atoms with Crippen molar-refractivity contribution in [1.82, 2.24) is 4.90 Å². The summed E-state index contributed by atoms with van der Waals surface area (Å²) in [5, 5.41) is 2.02. The zero-order valence-corrected chi connectivity index (χ0v) is 13.7. The summed E-state index contributed by atoms with van der Waals surface area (Å²) in [6.07, 6.45) is 2.81. The van der Waals surface area contributed by atoms with Crippen molar-refractivity contribution in [1.29, 1.82) is 0 Å². The average molecular weight is 327 g/mol. The molecule has 2 aliphatic rings. The fraction of sp³-hybridized carbons (Fsp3) is 0.278. The Bertz CT molecular complexity index is 780. The molecule has 5 heteroatoms. The molecule has 4 nitrogen and oxygen atoms in total. The number of fused-ring (bicyclic) bond motifs is 2. The molecule has 0 N–H and O–H groups in total. The van der Waals surface area contributed by atoms with Crippen LogP contribution in [0.2, 0.25) is 0 Å². The van der Waals surface area contributed by atoms with E-state index in [1.807, 2.05) is 47.5 Å². The van der Waals surface area contributed by atoms with E-state index in [1.165, 1.54) is 5.56 Å². The van der Waals surface area contributed by atoms with Crippen molar-refractivity contribution in [3.05, 3.63) is 51.2 Å². The molecule has 1 aromatic heterocycles. The summed E-state index contributed by atoms with van der Waals surface area (Å²) in [7, 11) is 0. The van der Waals surface area contributed by atoms with Gasteiger partial charge in [0.05, 0.1) is 0 Å². The summed E-state index contributed by atoms with van der Waals surface area (Å²) in [5.74, 6) is 1.70. The van der Waals surface area contributed by atoms with Gasteiger partial charge in [-0.1, -0.05) is 6.07 Å². The number of nitrogens with zero attached hydrogens (tertiary/aromatic N) is 1. The van der Waals surface area contributed by atoms with E-state index in [0.29, 0.717) is 6.54 Å². The van der Waals surface area contributed by atoms with Crippen molar-refractivity contribution in [3.8, 4) is 11.5 Å². The lowest BCUT2D eigenvalue weighted by molar-refractivity contribution is -0.127. The third-order valence-electron chi connectivity index (χ3n) is 4.23. The Balaban J connectivity index is 1.54. The van der Waals surface area contributed by atoms with Crippen LogP contribution in [0.5, 0.6) is 11.5 Å². The summed E-state index contributed by atoms with van der Waals surface area (Å²) >= 11 is 1.64. The highest BCUT2D eigenvalue weighted by Gasteiger charge is 2.25. The Labute approximate surface area is 138 Å².